The van der Waals surface area contributed by atoms with Crippen LogP contribution in [0.5, 0.6) is 0 Å². The molecule has 1 rings (SSSR count). The molecule has 20 heavy (non-hydrogen) atoms. The van der Waals surface area contributed by atoms with Crippen molar-refractivity contribution in [3.63, 3.8) is 0 Å². The molecule has 110 valence electrons. The average Bonchev–Trinajstić information content (AvgIpc) is 2.24. The molecule has 0 amide bonds. The van der Waals surface area contributed by atoms with E-state index in [1.807, 2.05) is 0 Å². The Kier molecular flexibility index (Phi) is 3.67. The fraction of sp³-hybridized carbons (Fsp3) is 0.143. The second-order valence-electron chi connectivity index (χ2n) is 3.26. The van der Waals surface area contributed by atoms with E-state index in [1.165, 1.54) is 0 Å². The highest BCUT2D eigenvalue weighted by Crippen LogP contribution is 2.43. The van der Waals surface area contributed by atoms with Crippen LogP contribution in [-0.2, 0) is 16.4 Å². The van der Waals surface area contributed by atoms with Crippen LogP contribution >= 0.6 is 0 Å². The lowest BCUT2D eigenvalue weighted by molar-refractivity contribution is -0.401. The molecular weight excluding hydrogens is 316 g/mol. The van der Waals surface area contributed by atoms with Gasteiger partial charge in [-0.3, -0.25) is 20.2 Å². The molecule has 1 aromatic carbocycles. The highest BCUT2D eigenvalue weighted by atomic mass is 32.3. The van der Waals surface area contributed by atoms with Crippen LogP contribution in [0.3, 0.4) is 0 Å². The van der Waals surface area contributed by atoms with Crippen molar-refractivity contribution in [3.8, 4) is 0 Å². The SMILES string of the molecule is O=[N+]([O-])c1ccc(C(F)(F)F)c([N+](=O)[O-])c1S(=O)(=O)F. The number of halogens is 4. The van der Waals surface area contributed by atoms with Gasteiger partial charge in [-0.25, -0.2) is 0 Å². The van der Waals surface area contributed by atoms with Crippen LogP contribution in [0.1, 0.15) is 5.56 Å². The molecule has 0 unspecified atom stereocenters. The normalized spacial score (nSPS) is 12.2. The van der Waals surface area contributed by atoms with Gasteiger partial charge >= 0.3 is 22.1 Å². The number of hydrogen-bond acceptors (Lipinski definition) is 6. The summed E-state index contributed by atoms with van der Waals surface area (Å²) in [6, 6.07) is -0.0345. The first-order valence-corrected chi connectivity index (χ1v) is 5.73. The molecule has 0 bridgehead atoms. The first kappa shape index (κ1) is 15.7. The van der Waals surface area contributed by atoms with E-state index in [0.29, 0.717) is 0 Å². The van der Waals surface area contributed by atoms with Gasteiger partial charge < -0.3 is 0 Å². The summed E-state index contributed by atoms with van der Waals surface area (Å²) in [6.45, 7) is 0. The number of nitro groups is 2. The Bertz CT molecular complexity index is 698. The highest BCUT2D eigenvalue weighted by molar-refractivity contribution is 7.86. The maximum absolute atomic E-state index is 12.9. The van der Waals surface area contributed by atoms with E-state index >= 15 is 0 Å². The lowest BCUT2D eigenvalue weighted by Gasteiger charge is -2.09. The van der Waals surface area contributed by atoms with Gasteiger partial charge in [-0.15, -0.1) is 0 Å². The molecule has 13 heteroatoms. The number of alkyl halides is 3. The fourth-order valence-electron chi connectivity index (χ4n) is 1.35. The molecular formula is C7H2F4N2O6S. The van der Waals surface area contributed by atoms with Gasteiger partial charge in [0.2, 0.25) is 0 Å². The third-order valence-electron chi connectivity index (χ3n) is 2.04. The second-order valence-corrected chi connectivity index (χ2v) is 4.54. The van der Waals surface area contributed by atoms with Crippen LogP contribution in [0.4, 0.5) is 28.4 Å². The monoisotopic (exact) mass is 318 g/mol. The lowest BCUT2D eigenvalue weighted by atomic mass is 10.1. The van der Waals surface area contributed by atoms with Crippen molar-refractivity contribution in [2.24, 2.45) is 0 Å². The maximum Gasteiger partial charge on any atom is 0.423 e. The van der Waals surface area contributed by atoms with Crippen molar-refractivity contribution in [1.29, 1.82) is 0 Å². The molecule has 1 aromatic rings. The Hall–Kier alpha value is -2.31. The predicted octanol–water partition coefficient (Wildman–Crippen LogP) is 2.18. The Labute approximate surface area is 107 Å². The minimum atomic E-state index is -6.12. The van der Waals surface area contributed by atoms with Crippen molar-refractivity contribution in [2.45, 2.75) is 11.1 Å². The number of rotatable bonds is 3. The summed E-state index contributed by atoms with van der Waals surface area (Å²) < 4.78 is 71.9. The van der Waals surface area contributed by atoms with Gasteiger partial charge in [0.05, 0.1) is 9.85 Å². The van der Waals surface area contributed by atoms with Crippen molar-refractivity contribution >= 4 is 21.6 Å². The van der Waals surface area contributed by atoms with Crippen LogP contribution in [-0.4, -0.2) is 18.3 Å². The zero-order valence-electron chi connectivity index (χ0n) is 8.92. The van der Waals surface area contributed by atoms with Crippen molar-refractivity contribution in [2.75, 3.05) is 0 Å². The van der Waals surface area contributed by atoms with E-state index in [1.54, 1.807) is 0 Å². The third-order valence-corrected chi connectivity index (χ3v) is 2.93. The Morgan fingerprint density at radius 1 is 1.05 bits per heavy atom. The first-order chi connectivity index (χ1) is 8.87. The third kappa shape index (κ3) is 2.81. The van der Waals surface area contributed by atoms with Gasteiger partial charge in [0.1, 0.15) is 5.56 Å². The topological polar surface area (TPSA) is 120 Å². The molecule has 0 aliphatic rings. The molecule has 0 saturated carbocycles. The first-order valence-electron chi connectivity index (χ1n) is 4.35. The summed E-state index contributed by atoms with van der Waals surface area (Å²) in [4.78, 5) is 15.4. The molecule has 0 radical (unpaired) electrons. The standard InChI is InChI=1S/C7H2F4N2O6S/c8-7(9,10)3-1-2-4(12(14)15)6(20(11,18)19)5(3)13(16)17/h1-2H. The second kappa shape index (κ2) is 4.66. The Balaban J connectivity index is 4.01. The van der Waals surface area contributed by atoms with E-state index in [0.717, 1.165) is 0 Å². The molecule has 0 saturated heterocycles. The highest BCUT2D eigenvalue weighted by Gasteiger charge is 2.46. The van der Waals surface area contributed by atoms with Crippen molar-refractivity contribution < 1.29 is 35.3 Å². The largest absolute Gasteiger partial charge is 0.423 e. The fourth-order valence-corrected chi connectivity index (χ4v) is 2.16. The summed E-state index contributed by atoms with van der Waals surface area (Å²) in [5, 5.41) is 21.0. The van der Waals surface area contributed by atoms with Gasteiger partial charge in [0.25, 0.3) is 10.6 Å². The number of nitro benzene ring substituents is 2. The maximum atomic E-state index is 12.9. The smallest absolute Gasteiger partial charge is 0.258 e. The molecule has 0 fully saturated rings. The summed E-state index contributed by atoms with van der Waals surface area (Å²) >= 11 is 0. The molecule has 0 aliphatic carbocycles. The molecule has 0 aliphatic heterocycles. The Morgan fingerprint density at radius 2 is 1.55 bits per heavy atom. The zero-order chi connectivity index (χ0) is 15.9. The minimum absolute atomic E-state index is 0.0300. The van der Waals surface area contributed by atoms with Crippen LogP contribution in [0.15, 0.2) is 17.0 Å². The number of benzene rings is 1. The van der Waals surface area contributed by atoms with Crippen LogP contribution in [0, 0.1) is 20.2 Å². The van der Waals surface area contributed by atoms with Gasteiger partial charge in [-0.2, -0.15) is 21.6 Å². The Morgan fingerprint density at radius 3 is 1.85 bits per heavy atom. The molecule has 0 spiro atoms. The average molecular weight is 318 g/mol. The van der Waals surface area contributed by atoms with Crippen molar-refractivity contribution in [3.05, 3.63) is 37.9 Å². The van der Waals surface area contributed by atoms with Crippen LogP contribution < -0.4 is 0 Å². The van der Waals surface area contributed by atoms with Crippen LogP contribution in [0.2, 0.25) is 0 Å². The van der Waals surface area contributed by atoms with Crippen LogP contribution in [0.25, 0.3) is 0 Å². The predicted molar refractivity (Wildman–Crippen MR) is 53.0 cm³/mol. The van der Waals surface area contributed by atoms with E-state index in [-0.39, 0.29) is 12.1 Å². The van der Waals surface area contributed by atoms with E-state index in [4.69, 9.17) is 0 Å². The van der Waals surface area contributed by atoms with Crippen molar-refractivity contribution in [1.82, 2.24) is 0 Å². The summed E-state index contributed by atoms with van der Waals surface area (Å²) in [6.07, 6.45) is -5.39. The number of nitrogens with zero attached hydrogens (tertiary/aromatic N) is 2. The van der Waals surface area contributed by atoms with E-state index < -0.39 is 48.1 Å². The summed E-state index contributed by atoms with van der Waals surface area (Å²) in [7, 11) is -6.12. The molecule has 8 nitrogen and oxygen atoms in total. The molecule has 0 N–H and O–H groups in total. The van der Waals surface area contributed by atoms with E-state index in [2.05, 4.69) is 0 Å². The summed E-state index contributed by atoms with van der Waals surface area (Å²) in [5.74, 6) is 0. The zero-order valence-corrected chi connectivity index (χ0v) is 9.74. The quantitative estimate of drug-likeness (QED) is 0.364. The van der Waals surface area contributed by atoms with E-state index in [9.17, 15) is 45.7 Å². The molecule has 0 atom stereocenters. The van der Waals surface area contributed by atoms with Gasteiger partial charge in [0.15, 0.2) is 0 Å². The van der Waals surface area contributed by atoms with Gasteiger partial charge in [0, 0.05) is 6.07 Å². The summed E-state index contributed by atoms with van der Waals surface area (Å²) in [5.41, 5.74) is -5.99. The minimum Gasteiger partial charge on any atom is -0.258 e. The van der Waals surface area contributed by atoms with Gasteiger partial charge in [-0.05, 0) is 6.07 Å². The molecule has 0 heterocycles. The number of hydrogen-bond donors (Lipinski definition) is 0. The lowest BCUT2D eigenvalue weighted by Crippen LogP contribution is -2.13. The van der Waals surface area contributed by atoms with Gasteiger partial charge in [-0.1, -0.05) is 3.89 Å². The molecule has 0 aromatic heterocycles.